The number of benzene rings is 1. The van der Waals surface area contributed by atoms with Gasteiger partial charge in [0.1, 0.15) is 0 Å². The molecule has 0 radical (unpaired) electrons. The molecule has 1 fully saturated rings. The van der Waals surface area contributed by atoms with E-state index in [-0.39, 0.29) is 10.4 Å². The van der Waals surface area contributed by atoms with Gasteiger partial charge in [0, 0.05) is 28.3 Å². The number of pyridine rings is 1. The molecule has 1 spiro atoms. The molecule has 2 aromatic rings. The van der Waals surface area contributed by atoms with Gasteiger partial charge in [-0.2, -0.15) is 0 Å². The molecule has 128 valence electrons. The highest BCUT2D eigenvalue weighted by Gasteiger charge is 2.43. The molecule has 0 saturated heterocycles. The van der Waals surface area contributed by atoms with Gasteiger partial charge in [-0.3, -0.25) is 0 Å². The minimum Gasteiger partial charge on any atom is -0.244 e. The molecular formula is C20H19NO2S2. The molecule has 0 aliphatic heterocycles. The normalized spacial score (nSPS) is 18.2. The summed E-state index contributed by atoms with van der Waals surface area (Å²) in [6, 6.07) is 12.1. The lowest BCUT2D eigenvalue weighted by molar-refractivity contribution is 0.598. The van der Waals surface area contributed by atoms with Crippen LogP contribution in [0.15, 0.2) is 64.7 Å². The minimum absolute atomic E-state index is 0.117. The van der Waals surface area contributed by atoms with Crippen LogP contribution in [0.25, 0.3) is 11.1 Å². The van der Waals surface area contributed by atoms with Gasteiger partial charge < -0.3 is 0 Å². The fourth-order valence-corrected chi connectivity index (χ4v) is 4.18. The van der Waals surface area contributed by atoms with E-state index in [9.17, 15) is 8.42 Å². The number of aromatic nitrogens is 1. The zero-order valence-corrected chi connectivity index (χ0v) is 15.8. The van der Waals surface area contributed by atoms with Crippen LogP contribution in [-0.2, 0) is 9.84 Å². The SMILES string of the molecule is CSc1ccc(C2=CC3(C=C2c2ccc(S(C)(=O)=O)nc2)CC3)cc1. The molecule has 1 aromatic carbocycles. The first kappa shape index (κ1) is 16.6. The van der Waals surface area contributed by atoms with Crippen molar-refractivity contribution in [2.75, 3.05) is 12.5 Å². The van der Waals surface area contributed by atoms with Crippen molar-refractivity contribution in [3.63, 3.8) is 0 Å². The number of rotatable bonds is 4. The van der Waals surface area contributed by atoms with Crippen LogP contribution in [-0.4, -0.2) is 25.9 Å². The van der Waals surface area contributed by atoms with Gasteiger partial charge in [0.2, 0.25) is 0 Å². The van der Waals surface area contributed by atoms with Gasteiger partial charge >= 0.3 is 0 Å². The molecule has 0 bridgehead atoms. The van der Waals surface area contributed by atoms with E-state index in [1.807, 2.05) is 6.07 Å². The maximum atomic E-state index is 11.6. The predicted molar refractivity (Wildman–Crippen MR) is 103 cm³/mol. The average molecular weight is 370 g/mol. The summed E-state index contributed by atoms with van der Waals surface area (Å²) < 4.78 is 23.3. The number of hydrogen-bond donors (Lipinski definition) is 0. The predicted octanol–water partition coefficient (Wildman–Crippen LogP) is 4.47. The molecule has 1 saturated carbocycles. The van der Waals surface area contributed by atoms with Crippen molar-refractivity contribution < 1.29 is 8.42 Å². The first-order valence-electron chi connectivity index (χ1n) is 8.17. The third-order valence-electron chi connectivity index (χ3n) is 4.81. The topological polar surface area (TPSA) is 47.0 Å². The van der Waals surface area contributed by atoms with Gasteiger partial charge in [0.25, 0.3) is 0 Å². The fourth-order valence-electron chi connectivity index (χ4n) is 3.21. The van der Waals surface area contributed by atoms with Crippen LogP contribution in [0.4, 0.5) is 0 Å². The van der Waals surface area contributed by atoms with Crippen molar-refractivity contribution in [2.45, 2.75) is 22.8 Å². The second kappa shape index (κ2) is 5.85. The summed E-state index contributed by atoms with van der Waals surface area (Å²) in [4.78, 5) is 5.40. The standard InChI is InChI=1S/C20H19NO2S2/c1-24-16-6-3-14(4-7-16)17-11-20(9-10-20)12-18(17)15-5-8-19(21-13-15)25(2,22)23/h3-8,11-13H,9-10H2,1-2H3. The van der Waals surface area contributed by atoms with Crippen LogP contribution in [0.1, 0.15) is 24.0 Å². The van der Waals surface area contributed by atoms with Crippen molar-refractivity contribution in [2.24, 2.45) is 5.41 Å². The quantitative estimate of drug-likeness (QED) is 0.746. The lowest BCUT2D eigenvalue weighted by atomic mass is 9.96. The van der Waals surface area contributed by atoms with Crippen molar-refractivity contribution in [3.05, 3.63) is 65.9 Å². The molecule has 4 rings (SSSR count). The Morgan fingerprint density at radius 1 is 0.960 bits per heavy atom. The largest absolute Gasteiger partial charge is 0.244 e. The molecule has 0 unspecified atom stereocenters. The molecule has 5 heteroatoms. The smallest absolute Gasteiger partial charge is 0.192 e. The van der Waals surface area contributed by atoms with Crippen molar-refractivity contribution >= 4 is 32.7 Å². The van der Waals surface area contributed by atoms with Crippen LogP contribution in [0, 0.1) is 5.41 Å². The van der Waals surface area contributed by atoms with Crippen LogP contribution in [0.3, 0.4) is 0 Å². The van der Waals surface area contributed by atoms with Crippen LogP contribution in [0.5, 0.6) is 0 Å². The maximum Gasteiger partial charge on any atom is 0.192 e. The second-order valence-electron chi connectivity index (χ2n) is 6.73. The Hall–Kier alpha value is -1.85. The minimum atomic E-state index is -3.27. The highest BCUT2D eigenvalue weighted by atomic mass is 32.2. The summed E-state index contributed by atoms with van der Waals surface area (Å²) >= 11 is 1.73. The molecule has 1 aromatic heterocycles. The van der Waals surface area contributed by atoms with E-state index in [1.165, 1.54) is 35.1 Å². The number of nitrogens with zero attached hydrogens (tertiary/aromatic N) is 1. The van der Waals surface area contributed by atoms with Crippen molar-refractivity contribution in [1.29, 1.82) is 0 Å². The third kappa shape index (κ3) is 3.18. The number of thioether (sulfide) groups is 1. The van der Waals surface area contributed by atoms with Gasteiger partial charge in [0.05, 0.1) is 0 Å². The fraction of sp³-hybridized carbons (Fsp3) is 0.250. The lowest BCUT2D eigenvalue weighted by Crippen LogP contribution is -2.00. The highest BCUT2D eigenvalue weighted by Crippen LogP contribution is 2.57. The summed E-state index contributed by atoms with van der Waals surface area (Å²) in [6.07, 6.45) is 12.0. The summed E-state index contributed by atoms with van der Waals surface area (Å²) in [5.74, 6) is 0. The molecular weight excluding hydrogens is 350 g/mol. The van der Waals surface area contributed by atoms with Crippen molar-refractivity contribution in [3.8, 4) is 0 Å². The van der Waals surface area contributed by atoms with Crippen molar-refractivity contribution in [1.82, 2.24) is 4.98 Å². The molecule has 3 nitrogen and oxygen atoms in total. The van der Waals surface area contributed by atoms with E-state index in [2.05, 4.69) is 47.7 Å². The van der Waals surface area contributed by atoms with E-state index in [0.29, 0.717) is 0 Å². The Morgan fingerprint density at radius 3 is 2.04 bits per heavy atom. The van der Waals surface area contributed by atoms with E-state index in [4.69, 9.17) is 0 Å². The molecule has 25 heavy (non-hydrogen) atoms. The molecule has 1 heterocycles. The number of sulfone groups is 1. The van der Waals surface area contributed by atoms with E-state index in [0.717, 1.165) is 11.1 Å². The Balaban J connectivity index is 1.73. The summed E-state index contributed by atoms with van der Waals surface area (Å²) in [6.45, 7) is 0. The summed E-state index contributed by atoms with van der Waals surface area (Å²) in [5.41, 5.74) is 4.73. The monoisotopic (exact) mass is 369 g/mol. The maximum absolute atomic E-state index is 11.6. The van der Waals surface area contributed by atoms with Crippen LogP contribution >= 0.6 is 11.8 Å². The Bertz CT molecular complexity index is 981. The second-order valence-corrected chi connectivity index (χ2v) is 9.58. The highest BCUT2D eigenvalue weighted by molar-refractivity contribution is 7.98. The molecule has 0 atom stereocenters. The zero-order valence-electron chi connectivity index (χ0n) is 14.2. The number of hydrogen-bond acceptors (Lipinski definition) is 4. The first-order valence-corrected chi connectivity index (χ1v) is 11.3. The third-order valence-corrected chi connectivity index (χ3v) is 6.55. The van der Waals surface area contributed by atoms with E-state index in [1.54, 1.807) is 24.0 Å². The average Bonchev–Trinajstić information content (AvgIpc) is 3.25. The first-order chi connectivity index (χ1) is 11.9. The summed E-state index contributed by atoms with van der Waals surface area (Å²) in [7, 11) is -3.27. The Morgan fingerprint density at radius 2 is 1.56 bits per heavy atom. The number of allylic oxidation sites excluding steroid dienone is 4. The van der Waals surface area contributed by atoms with E-state index < -0.39 is 9.84 Å². The molecule has 0 amide bonds. The van der Waals surface area contributed by atoms with Crippen LogP contribution < -0.4 is 0 Å². The summed E-state index contributed by atoms with van der Waals surface area (Å²) in [5, 5.41) is 0.117. The van der Waals surface area contributed by atoms with Gasteiger partial charge in [0.15, 0.2) is 14.9 Å². The molecule has 0 N–H and O–H groups in total. The molecule has 2 aliphatic rings. The lowest BCUT2D eigenvalue weighted by Gasteiger charge is -2.10. The van der Waals surface area contributed by atoms with E-state index >= 15 is 0 Å². The van der Waals surface area contributed by atoms with Gasteiger partial charge in [-0.15, -0.1) is 11.8 Å². The zero-order chi connectivity index (χ0) is 17.7. The Labute approximate surface area is 152 Å². The molecule has 2 aliphatic carbocycles. The van der Waals surface area contributed by atoms with Gasteiger partial charge in [-0.1, -0.05) is 24.3 Å². The Kier molecular flexibility index (Phi) is 3.89. The van der Waals surface area contributed by atoms with Crippen LogP contribution in [0.2, 0.25) is 0 Å². The van der Waals surface area contributed by atoms with Gasteiger partial charge in [-0.05, 0) is 60.1 Å². The van der Waals surface area contributed by atoms with Gasteiger partial charge in [-0.25, -0.2) is 13.4 Å².